The number of aryl methyl sites for hydroxylation is 1. The highest BCUT2D eigenvalue weighted by atomic mass is 32.2. The number of aromatic nitrogens is 2. The van der Waals surface area contributed by atoms with Gasteiger partial charge in [0.15, 0.2) is 0 Å². The van der Waals surface area contributed by atoms with Gasteiger partial charge in [-0.05, 0) is 37.1 Å². The summed E-state index contributed by atoms with van der Waals surface area (Å²) in [6.45, 7) is 4.92. The molecule has 1 saturated heterocycles. The van der Waals surface area contributed by atoms with Gasteiger partial charge in [-0.15, -0.1) is 11.3 Å². The number of carbonyl (C=O) groups excluding carboxylic acids is 1. The second kappa shape index (κ2) is 9.97. The minimum absolute atomic E-state index is 0.00126. The van der Waals surface area contributed by atoms with Crippen LogP contribution < -0.4 is 10.6 Å². The van der Waals surface area contributed by atoms with Crippen molar-refractivity contribution < 1.29 is 9.53 Å². The molecule has 1 aromatic carbocycles. The third kappa shape index (κ3) is 4.71. The van der Waals surface area contributed by atoms with Crippen LogP contribution in [0.3, 0.4) is 0 Å². The predicted octanol–water partition coefficient (Wildman–Crippen LogP) is 4.25. The number of thiophene rings is 1. The minimum atomic E-state index is -0.0364. The van der Waals surface area contributed by atoms with Crippen molar-refractivity contribution in [1.82, 2.24) is 15.3 Å². The third-order valence-electron chi connectivity index (χ3n) is 5.96. The smallest absolute Gasteiger partial charge is 0.261 e. The van der Waals surface area contributed by atoms with Crippen LogP contribution in [0.4, 0.5) is 5.82 Å². The molecule has 164 valence electrons. The molecule has 31 heavy (non-hydrogen) atoms. The molecule has 6 nitrogen and oxygen atoms in total. The number of nitrogens with one attached hydrogen (secondary N) is 2. The number of ether oxygens (including phenoxy) is 1. The van der Waals surface area contributed by atoms with Crippen LogP contribution in [0, 0.1) is 6.92 Å². The number of carbonyl (C=O) groups is 1. The van der Waals surface area contributed by atoms with Crippen molar-refractivity contribution in [3.63, 3.8) is 0 Å². The standard InChI is InChI=1S/C23H28N4O2S2/c1-16-18-20(26-15-27-22(18)31-19(16)21(28)24-10-13-30-2)25-14-23(8-11-29-12-9-23)17-6-4-3-5-7-17/h3-7,15H,8-14H2,1-2H3,(H,24,28)(H,25,26,27). The monoisotopic (exact) mass is 456 g/mol. The molecule has 0 atom stereocenters. The van der Waals surface area contributed by atoms with Gasteiger partial charge in [-0.3, -0.25) is 4.79 Å². The lowest BCUT2D eigenvalue weighted by Crippen LogP contribution is -2.40. The van der Waals surface area contributed by atoms with Crippen molar-refractivity contribution in [2.24, 2.45) is 0 Å². The van der Waals surface area contributed by atoms with Gasteiger partial charge in [-0.1, -0.05) is 30.3 Å². The molecule has 1 aliphatic rings. The van der Waals surface area contributed by atoms with Crippen molar-refractivity contribution in [1.29, 1.82) is 0 Å². The molecule has 3 aromatic rings. The van der Waals surface area contributed by atoms with Gasteiger partial charge < -0.3 is 15.4 Å². The molecule has 0 radical (unpaired) electrons. The Kier molecular flexibility index (Phi) is 7.09. The van der Waals surface area contributed by atoms with Gasteiger partial charge in [0.1, 0.15) is 17.0 Å². The van der Waals surface area contributed by atoms with Gasteiger partial charge in [0.25, 0.3) is 5.91 Å². The summed E-state index contributed by atoms with van der Waals surface area (Å²) < 4.78 is 5.66. The van der Waals surface area contributed by atoms with Crippen LogP contribution in [0.1, 0.15) is 33.6 Å². The molecule has 0 aliphatic carbocycles. The molecule has 2 aromatic heterocycles. The van der Waals surface area contributed by atoms with E-state index in [1.165, 1.54) is 16.9 Å². The van der Waals surface area contributed by atoms with E-state index in [1.807, 2.05) is 13.2 Å². The van der Waals surface area contributed by atoms with Crippen LogP contribution in [0.15, 0.2) is 36.7 Å². The normalized spacial score (nSPS) is 15.7. The zero-order valence-corrected chi connectivity index (χ0v) is 19.6. The predicted molar refractivity (Wildman–Crippen MR) is 130 cm³/mol. The first kappa shape index (κ1) is 22.0. The molecule has 0 spiro atoms. The first-order valence-corrected chi connectivity index (χ1v) is 12.7. The summed E-state index contributed by atoms with van der Waals surface area (Å²) >= 11 is 3.15. The first-order chi connectivity index (χ1) is 15.1. The van der Waals surface area contributed by atoms with Crippen molar-refractivity contribution in [2.75, 3.05) is 43.6 Å². The van der Waals surface area contributed by atoms with Crippen molar-refractivity contribution in [2.45, 2.75) is 25.2 Å². The largest absolute Gasteiger partial charge is 0.381 e. The molecule has 8 heteroatoms. The number of thioether (sulfide) groups is 1. The van der Waals surface area contributed by atoms with Crippen LogP contribution in [0.2, 0.25) is 0 Å². The van der Waals surface area contributed by atoms with Gasteiger partial charge in [0, 0.05) is 37.5 Å². The van der Waals surface area contributed by atoms with Crippen LogP contribution >= 0.6 is 23.1 Å². The van der Waals surface area contributed by atoms with E-state index in [2.05, 4.69) is 50.9 Å². The third-order valence-corrected chi connectivity index (χ3v) is 7.77. The van der Waals surface area contributed by atoms with Crippen LogP contribution in [0.5, 0.6) is 0 Å². The van der Waals surface area contributed by atoms with Crippen LogP contribution in [-0.2, 0) is 10.2 Å². The molecule has 3 heterocycles. The van der Waals surface area contributed by atoms with Gasteiger partial charge in [0.05, 0.1) is 10.3 Å². The van der Waals surface area contributed by atoms with Crippen molar-refractivity contribution >= 4 is 45.0 Å². The van der Waals surface area contributed by atoms with E-state index in [0.29, 0.717) is 11.4 Å². The van der Waals surface area contributed by atoms with Crippen LogP contribution in [-0.4, -0.2) is 54.2 Å². The maximum Gasteiger partial charge on any atom is 0.261 e. The maximum absolute atomic E-state index is 12.7. The maximum atomic E-state index is 12.7. The fourth-order valence-corrected chi connectivity index (χ4v) is 5.51. The zero-order chi connectivity index (χ0) is 21.7. The summed E-state index contributed by atoms with van der Waals surface area (Å²) in [5.41, 5.74) is 2.26. The quantitative estimate of drug-likeness (QED) is 0.494. The molecule has 0 unspecified atom stereocenters. The van der Waals surface area contributed by atoms with E-state index in [9.17, 15) is 4.79 Å². The highest BCUT2D eigenvalue weighted by Crippen LogP contribution is 2.37. The summed E-state index contributed by atoms with van der Waals surface area (Å²) in [6.07, 6.45) is 5.54. The first-order valence-electron chi connectivity index (χ1n) is 10.5. The Morgan fingerprint density at radius 1 is 1.23 bits per heavy atom. The van der Waals surface area contributed by atoms with E-state index < -0.39 is 0 Å². The van der Waals surface area contributed by atoms with E-state index in [0.717, 1.165) is 60.0 Å². The Morgan fingerprint density at radius 2 is 2.00 bits per heavy atom. The van der Waals surface area contributed by atoms with Gasteiger partial charge in [0.2, 0.25) is 0 Å². The molecule has 0 bridgehead atoms. The molecule has 1 aliphatic heterocycles. The number of benzene rings is 1. The summed E-state index contributed by atoms with van der Waals surface area (Å²) in [5.74, 6) is 1.66. The molecule has 2 N–H and O–H groups in total. The lowest BCUT2D eigenvalue weighted by atomic mass is 9.74. The van der Waals surface area contributed by atoms with Crippen molar-refractivity contribution in [3.05, 3.63) is 52.7 Å². The van der Waals surface area contributed by atoms with E-state index >= 15 is 0 Å². The Balaban J connectivity index is 1.60. The second-order valence-electron chi connectivity index (χ2n) is 7.82. The number of rotatable bonds is 8. The van der Waals surface area contributed by atoms with Gasteiger partial charge >= 0.3 is 0 Å². The Morgan fingerprint density at radius 3 is 2.74 bits per heavy atom. The highest BCUT2D eigenvalue weighted by Gasteiger charge is 2.34. The second-order valence-corrected chi connectivity index (χ2v) is 9.80. The van der Waals surface area contributed by atoms with E-state index in [1.54, 1.807) is 18.1 Å². The highest BCUT2D eigenvalue weighted by molar-refractivity contribution is 7.98. The molecule has 4 rings (SSSR count). The summed E-state index contributed by atoms with van der Waals surface area (Å²) in [6, 6.07) is 10.7. The Labute approximate surface area is 191 Å². The molecule has 1 amide bonds. The minimum Gasteiger partial charge on any atom is -0.381 e. The molecular formula is C23H28N4O2S2. The average molecular weight is 457 g/mol. The van der Waals surface area contributed by atoms with Crippen LogP contribution in [0.25, 0.3) is 10.2 Å². The SMILES string of the molecule is CSCCNC(=O)c1sc2ncnc(NCC3(c4ccccc4)CCOCC3)c2c1C. The Hall–Kier alpha value is -2.16. The average Bonchev–Trinajstić information content (AvgIpc) is 3.16. The number of fused-ring (bicyclic) bond motifs is 1. The number of amides is 1. The lowest BCUT2D eigenvalue weighted by molar-refractivity contribution is 0.0544. The summed E-state index contributed by atoms with van der Waals surface area (Å²) in [5, 5.41) is 7.55. The van der Waals surface area contributed by atoms with Gasteiger partial charge in [-0.25, -0.2) is 9.97 Å². The number of hydrogen-bond acceptors (Lipinski definition) is 7. The summed E-state index contributed by atoms with van der Waals surface area (Å²) in [4.78, 5) is 23.2. The number of hydrogen-bond donors (Lipinski definition) is 2. The summed E-state index contributed by atoms with van der Waals surface area (Å²) in [7, 11) is 0. The fourth-order valence-electron chi connectivity index (χ4n) is 4.14. The molecule has 0 saturated carbocycles. The zero-order valence-electron chi connectivity index (χ0n) is 17.9. The van der Waals surface area contributed by atoms with Crippen molar-refractivity contribution in [3.8, 4) is 0 Å². The van der Waals surface area contributed by atoms with Gasteiger partial charge in [-0.2, -0.15) is 11.8 Å². The molecule has 1 fully saturated rings. The Bertz CT molecular complexity index is 1030. The lowest BCUT2D eigenvalue weighted by Gasteiger charge is -2.38. The fraction of sp³-hybridized carbons (Fsp3) is 0.435. The van der Waals surface area contributed by atoms with E-state index in [-0.39, 0.29) is 11.3 Å². The molecular weight excluding hydrogens is 428 g/mol. The topological polar surface area (TPSA) is 76.1 Å². The number of anilines is 1. The van der Waals surface area contributed by atoms with E-state index in [4.69, 9.17) is 4.74 Å². The number of nitrogens with zero attached hydrogens (tertiary/aromatic N) is 2.